The highest BCUT2D eigenvalue weighted by Gasteiger charge is 2.24. The summed E-state index contributed by atoms with van der Waals surface area (Å²) < 4.78 is 21.6. The number of hydrogen-bond acceptors (Lipinski definition) is 4. The number of carbonyl (C=O) groups is 1. The van der Waals surface area contributed by atoms with Crippen LogP contribution >= 0.6 is 11.8 Å². The van der Waals surface area contributed by atoms with Gasteiger partial charge in [0.2, 0.25) is 0 Å². The number of carbonyl (C=O) groups excluding carboxylic acids is 1. The smallest absolute Gasteiger partial charge is 0.148 e. The van der Waals surface area contributed by atoms with Crippen LogP contribution < -0.4 is 0 Å². The molecule has 0 N–H and O–H groups in total. The summed E-state index contributed by atoms with van der Waals surface area (Å²) in [7, 11) is -2.87. The second-order valence-electron chi connectivity index (χ2n) is 3.35. The lowest BCUT2D eigenvalue weighted by Gasteiger charge is -2.05. The van der Waals surface area contributed by atoms with Gasteiger partial charge in [-0.15, -0.1) is 11.8 Å². The molecule has 5 heteroatoms. The van der Waals surface area contributed by atoms with Gasteiger partial charge in [-0.3, -0.25) is 4.79 Å². The minimum atomic E-state index is -2.87. The highest BCUT2D eigenvalue weighted by Crippen LogP contribution is 2.26. The van der Waals surface area contributed by atoms with Crippen LogP contribution in [0.5, 0.6) is 0 Å². The summed E-state index contributed by atoms with van der Waals surface area (Å²) in [4.78, 5) is 11.2. The van der Waals surface area contributed by atoms with Gasteiger partial charge < -0.3 is 0 Å². The molecule has 1 fully saturated rings. The average molecular weight is 222 g/mol. The van der Waals surface area contributed by atoms with E-state index in [1.54, 1.807) is 0 Å². The van der Waals surface area contributed by atoms with Crippen molar-refractivity contribution in [3.8, 4) is 0 Å². The molecule has 0 aromatic rings. The molecule has 0 amide bonds. The van der Waals surface area contributed by atoms with Crippen molar-refractivity contribution in [3.05, 3.63) is 0 Å². The first-order valence-corrected chi connectivity index (χ1v) is 7.42. The largest absolute Gasteiger partial charge is 0.298 e. The first kappa shape index (κ1) is 11.0. The lowest BCUT2D eigenvalue weighted by molar-refractivity contribution is -0.116. The van der Waals surface area contributed by atoms with E-state index in [-0.39, 0.29) is 11.0 Å². The zero-order valence-corrected chi connectivity index (χ0v) is 9.29. The fourth-order valence-electron chi connectivity index (χ4n) is 1.30. The Bertz CT molecular complexity index is 282. The zero-order chi connectivity index (χ0) is 9.90. The average Bonchev–Trinajstić information content (AvgIpc) is 2.34. The van der Waals surface area contributed by atoms with Crippen molar-refractivity contribution in [2.24, 2.45) is 0 Å². The van der Waals surface area contributed by atoms with Crippen LogP contribution in [0.2, 0.25) is 0 Å². The van der Waals surface area contributed by atoms with E-state index in [1.807, 2.05) is 0 Å². The maximum absolute atomic E-state index is 11.2. The Hall–Kier alpha value is -0.0300. The summed E-state index contributed by atoms with van der Waals surface area (Å²) in [5, 5.41) is 0.0711. The van der Waals surface area contributed by atoms with Crippen molar-refractivity contribution in [1.82, 2.24) is 0 Å². The van der Waals surface area contributed by atoms with Crippen molar-refractivity contribution in [3.63, 3.8) is 0 Å². The van der Waals surface area contributed by atoms with Crippen LogP contribution in [0.1, 0.15) is 19.3 Å². The number of thioether (sulfide) groups is 1. The lowest BCUT2D eigenvalue weighted by Crippen LogP contribution is -2.12. The molecule has 0 radical (unpaired) electrons. The van der Waals surface area contributed by atoms with E-state index in [4.69, 9.17) is 0 Å². The second kappa shape index (κ2) is 4.46. The van der Waals surface area contributed by atoms with E-state index in [1.165, 1.54) is 18.0 Å². The minimum Gasteiger partial charge on any atom is -0.298 e. The van der Waals surface area contributed by atoms with Crippen molar-refractivity contribution >= 4 is 27.4 Å². The molecule has 0 heterocycles. The van der Waals surface area contributed by atoms with Crippen LogP contribution in [0.15, 0.2) is 0 Å². The Labute approximate surface area is 83.2 Å². The maximum Gasteiger partial charge on any atom is 0.148 e. The molecule has 0 aromatic carbocycles. The number of hydrogen-bond donors (Lipinski definition) is 0. The molecule has 0 aromatic heterocycles. The summed E-state index contributed by atoms with van der Waals surface area (Å²) >= 11 is 1.49. The highest BCUT2D eigenvalue weighted by atomic mass is 32.2. The number of Topliss-reactive ketones (excluding diaryl/α,β-unsaturated/α-hetero) is 1. The Morgan fingerprint density at radius 3 is 2.69 bits per heavy atom. The van der Waals surface area contributed by atoms with Gasteiger partial charge in [-0.1, -0.05) is 0 Å². The summed E-state index contributed by atoms with van der Waals surface area (Å²) in [5.74, 6) is 1.02. The van der Waals surface area contributed by atoms with Gasteiger partial charge in [0.05, 0.1) is 11.0 Å². The van der Waals surface area contributed by atoms with Crippen LogP contribution in [0.4, 0.5) is 0 Å². The monoisotopic (exact) mass is 222 g/mol. The van der Waals surface area contributed by atoms with E-state index in [0.717, 1.165) is 12.8 Å². The number of sulfone groups is 1. The molecule has 1 unspecified atom stereocenters. The van der Waals surface area contributed by atoms with Gasteiger partial charge in [0, 0.05) is 18.4 Å². The van der Waals surface area contributed by atoms with Crippen molar-refractivity contribution in [1.29, 1.82) is 0 Å². The van der Waals surface area contributed by atoms with Crippen LogP contribution in [0, 0.1) is 0 Å². The minimum absolute atomic E-state index is 0.0711. The molecule has 1 saturated carbocycles. The third-order valence-corrected chi connectivity index (χ3v) is 4.57. The molecule has 1 aliphatic carbocycles. The van der Waals surface area contributed by atoms with E-state index in [2.05, 4.69) is 0 Å². The molecule has 3 nitrogen and oxygen atoms in total. The first-order chi connectivity index (χ1) is 5.99. The van der Waals surface area contributed by atoms with E-state index in [0.29, 0.717) is 18.0 Å². The SMILES string of the molecule is CS(=O)(=O)CCSC1CCCC1=O. The number of ketones is 1. The van der Waals surface area contributed by atoms with Gasteiger partial charge >= 0.3 is 0 Å². The van der Waals surface area contributed by atoms with Crippen LogP contribution in [-0.4, -0.2) is 37.2 Å². The normalized spacial score (nSPS) is 23.8. The van der Waals surface area contributed by atoms with Gasteiger partial charge in [-0.25, -0.2) is 8.42 Å². The predicted octanol–water partition coefficient (Wildman–Crippen LogP) is 0.886. The van der Waals surface area contributed by atoms with Crippen LogP contribution in [-0.2, 0) is 14.6 Å². The Balaban J connectivity index is 2.23. The highest BCUT2D eigenvalue weighted by molar-refractivity contribution is 8.01. The third-order valence-electron chi connectivity index (χ3n) is 2.02. The van der Waals surface area contributed by atoms with Gasteiger partial charge in [-0.2, -0.15) is 0 Å². The molecule has 0 spiro atoms. The maximum atomic E-state index is 11.2. The van der Waals surface area contributed by atoms with Gasteiger partial charge in [0.25, 0.3) is 0 Å². The quantitative estimate of drug-likeness (QED) is 0.708. The molecule has 0 aliphatic heterocycles. The molecule has 76 valence electrons. The summed E-state index contributed by atoms with van der Waals surface area (Å²) in [6, 6.07) is 0. The molecule has 13 heavy (non-hydrogen) atoms. The Morgan fingerprint density at radius 1 is 1.54 bits per heavy atom. The predicted molar refractivity (Wildman–Crippen MR) is 54.8 cm³/mol. The molecule has 1 atom stereocenters. The first-order valence-electron chi connectivity index (χ1n) is 4.31. The van der Waals surface area contributed by atoms with Gasteiger partial charge in [-0.05, 0) is 12.8 Å². The van der Waals surface area contributed by atoms with E-state index in [9.17, 15) is 13.2 Å². The standard InChI is InChI=1S/C8H14O3S2/c1-13(10,11)6-5-12-8-4-2-3-7(8)9/h8H,2-6H2,1H3. The molecule has 0 saturated heterocycles. The van der Waals surface area contributed by atoms with Crippen molar-refractivity contribution < 1.29 is 13.2 Å². The van der Waals surface area contributed by atoms with Gasteiger partial charge in [0.15, 0.2) is 0 Å². The molecule has 0 bridgehead atoms. The van der Waals surface area contributed by atoms with Gasteiger partial charge in [0.1, 0.15) is 15.6 Å². The molecular weight excluding hydrogens is 208 g/mol. The number of rotatable bonds is 4. The summed E-state index contributed by atoms with van der Waals surface area (Å²) in [6.45, 7) is 0. The summed E-state index contributed by atoms with van der Waals surface area (Å²) in [6.07, 6.45) is 3.79. The molecule has 1 aliphatic rings. The Morgan fingerprint density at radius 2 is 2.23 bits per heavy atom. The van der Waals surface area contributed by atoms with Crippen LogP contribution in [0.25, 0.3) is 0 Å². The second-order valence-corrected chi connectivity index (χ2v) is 6.92. The molecular formula is C8H14O3S2. The van der Waals surface area contributed by atoms with Crippen LogP contribution in [0.3, 0.4) is 0 Å². The third kappa shape index (κ3) is 4.13. The lowest BCUT2D eigenvalue weighted by atomic mass is 10.3. The topological polar surface area (TPSA) is 51.2 Å². The molecule has 1 rings (SSSR count). The fraction of sp³-hybridized carbons (Fsp3) is 0.875. The zero-order valence-electron chi connectivity index (χ0n) is 7.65. The fourth-order valence-corrected chi connectivity index (χ4v) is 3.82. The summed E-state index contributed by atoms with van der Waals surface area (Å²) in [5.41, 5.74) is 0. The Kier molecular flexibility index (Phi) is 3.79. The van der Waals surface area contributed by atoms with E-state index >= 15 is 0 Å². The van der Waals surface area contributed by atoms with Crippen molar-refractivity contribution in [2.45, 2.75) is 24.5 Å². The van der Waals surface area contributed by atoms with Crippen molar-refractivity contribution in [2.75, 3.05) is 17.8 Å². The van der Waals surface area contributed by atoms with E-state index < -0.39 is 9.84 Å².